The summed E-state index contributed by atoms with van der Waals surface area (Å²) in [5, 5.41) is 9.93. The quantitative estimate of drug-likeness (QED) is 0.248. The normalized spacial score (nSPS) is 31.5. The number of allylic oxidation sites excluding steroid dienone is 6. The molecule has 0 amide bonds. The first-order chi connectivity index (χ1) is 15.4. The van der Waals surface area contributed by atoms with E-state index < -0.39 is 5.60 Å². The maximum Gasteiger partial charge on any atom is 0.0591 e. The van der Waals surface area contributed by atoms with E-state index in [1.807, 2.05) is 27.7 Å². The molecule has 0 aromatic rings. The summed E-state index contributed by atoms with van der Waals surface area (Å²) in [6.45, 7) is 12.5. The van der Waals surface area contributed by atoms with E-state index in [0.717, 1.165) is 30.1 Å². The van der Waals surface area contributed by atoms with Crippen LogP contribution in [0.25, 0.3) is 0 Å². The van der Waals surface area contributed by atoms with E-state index in [1.54, 1.807) is 16.7 Å². The van der Waals surface area contributed by atoms with Gasteiger partial charge < -0.3 is 5.11 Å². The van der Waals surface area contributed by atoms with Crippen molar-refractivity contribution in [2.45, 2.75) is 124 Å². The van der Waals surface area contributed by atoms with Crippen molar-refractivity contribution in [2.75, 3.05) is 0 Å². The van der Waals surface area contributed by atoms with Crippen LogP contribution in [0, 0.1) is 36.5 Å². The Hall–Kier alpha value is -1.26. The van der Waals surface area contributed by atoms with Gasteiger partial charge in [0, 0.05) is 0 Å². The van der Waals surface area contributed by atoms with Crippen molar-refractivity contribution in [3.8, 4) is 12.8 Å². The molecule has 3 aliphatic carbocycles. The predicted octanol–water partition coefficient (Wildman–Crippen LogP) is 9.04. The van der Waals surface area contributed by atoms with Gasteiger partial charge >= 0.3 is 0 Å². The van der Waals surface area contributed by atoms with E-state index in [-0.39, 0.29) is 0 Å². The van der Waals surface area contributed by atoms with E-state index in [1.165, 1.54) is 70.6 Å². The highest BCUT2D eigenvalue weighted by Crippen LogP contribution is 2.50. The molecule has 0 bridgehead atoms. The van der Waals surface area contributed by atoms with Gasteiger partial charge in [0.2, 0.25) is 0 Å². The minimum atomic E-state index is -0.489. The lowest BCUT2D eigenvalue weighted by Gasteiger charge is -2.32. The molecule has 182 valence electrons. The summed E-state index contributed by atoms with van der Waals surface area (Å²) in [6, 6.07) is 0. The van der Waals surface area contributed by atoms with Crippen LogP contribution in [0.5, 0.6) is 0 Å². The van der Waals surface area contributed by atoms with Crippen LogP contribution in [0.2, 0.25) is 0 Å². The molecule has 0 heterocycles. The zero-order valence-corrected chi connectivity index (χ0v) is 22.1. The summed E-state index contributed by atoms with van der Waals surface area (Å²) in [6.07, 6.45) is 31.1. The van der Waals surface area contributed by atoms with Gasteiger partial charge in [-0.15, -0.1) is 12.8 Å². The third kappa shape index (κ3) is 8.94. The van der Waals surface area contributed by atoms with Crippen molar-refractivity contribution in [3.63, 3.8) is 0 Å². The Morgan fingerprint density at radius 2 is 1.69 bits per heavy atom. The molecule has 1 heteroatoms. The van der Waals surface area contributed by atoms with Crippen molar-refractivity contribution in [2.24, 2.45) is 23.7 Å². The average Bonchev–Trinajstić information content (AvgIpc) is 3.21. The summed E-state index contributed by atoms with van der Waals surface area (Å²) in [5.74, 6) is 3.50. The van der Waals surface area contributed by atoms with Crippen LogP contribution in [-0.2, 0) is 0 Å². The van der Waals surface area contributed by atoms with Crippen LogP contribution in [0.3, 0.4) is 0 Å². The van der Waals surface area contributed by atoms with Crippen molar-refractivity contribution >= 4 is 0 Å². The lowest BCUT2D eigenvalue weighted by molar-refractivity contribution is 0.0673. The summed E-state index contributed by atoms with van der Waals surface area (Å²) < 4.78 is 0. The molecule has 0 spiro atoms. The molecule has 4 atom stereocenters. The lowest BCUT2D eigenvalue weighted by atomic mass is 9.73. The molecule has 32 heavy (non-hydrogen) atoms. The number of hydrogen-bond donors (Lipinski definition) is 1. The van der Waals surface area contributed by atoms with Crippen molar-refractivity contribution < 1.29 is 5.11 Å². The topological polar surface area (TPSA) is 20.2 Å². The first kappa shape index (κ1) is 28.8. The second-order valence-corrected chi connectivity index (χ2v) is 10.6. The molecule has 3 aliphatic rings. The van der Waals surface area contributed by atoms with Crippen molar-refractivity contribution in [1.82, 2.24) is 0 Å². The second-order valence-electron chi connectivity index (χ2n) is 10.6. The zero-order valence-electron chi connectivity index (χ0n) is 22.1. The van der Waals surface area contributed by atoms with Gasteiger partial charge in [0.15, 0.2) is 0 Å². The van der Waals surface area contributed by atoms with Gasteiger partial charge in [0.1, 0.15) is 0 Å². The Labute approximate surface area is 200 Å². The molecule has 0 aromatic carbocycles. The van der Waals surface area contributed by atoms with Gasteiger partial charge in [-0.25, -0.2) is 0 Å². The molecule has 0 aromatic heterocycles. The lowest BCUT2D eigenvalue weighted by Crippen LogP contribution is -2.22. The van der Waals surface area contributed by atoms with Gasteiger partial charge in [-0.05, 0) is 102 Å². The summed E-state index contributed by atoms with van der Waals surface area (Å²) >= 11 is 0. The SMILES string of the molecule is C#C.C/C=C1/CC/C(=C/C=C2\CCCC3C(CCCCC(C)(C)O)CCC23)C[C@H]1C.CC. The first-order valence-electron chi connectivity index (χ1n) is 13.5. The standard InChI is InChI=1S/C27H44O.C2H6.C2H2/c1-5-22-14-12-21(19-20(22)2)13-15-24-10-8-11-25-23(16-17-26(24)25)9-6-7-18-27(3,4)28;2*1-2/h5,13,15,20,23,25-26,28H,6-12,14,16-19H2,1-4H3;1-2H3;1-2H/b21-13-,22-5-,24-15+;;/t20-,23?,25?,26?;;/m1../s1. The average molecular weight is 441 g/mol. The summed E-state index contributed by atoms with van der Waals surface area (Å²) in [5.41, 5.74) is 4.61. The number of aliphatic hydroxyl groups is 1. The predicted molar refractivity (Wildman–Crippen MR) is 142 cm³/mol. The molecule has 0 saturated heterocycles. The highest BCUT2D eigenvalue weighted by atomic mass is 16.3. The summed E-state index contributed by atoms with van der Waals surface area (Å²) in [7, 11) is 0. The van der Waals surface area contributed by atoms with Crippen LogP contribution in [0.1, 0.15) is 119 Å². The van der Waals surface area contributed by atoms with Crippen molar-refractivity contribution in [3.05, 3.63) is 34.9 Å². The largest absolute Gasteiger partial charge is 0.390 e. The number of terminal acetylenes is 1. The summed E-state index contributed by atoms with van der Waals surface area (Å²) in [4.78, 5) is 0. The Balaban J connectivity index is 0.00000121. The Kier molecular flexibility index (Phi) is 13.3. The van der Waals surface area contributed by atoms with Crippen LogP contribution in [0.15, 0.2) is 34.9 Å². The molecular weight excluding hydrogens is 388 g/mol. The second kappa shape index (κ2) is 14.8. The molecule has 3 saturated carbocycles. The molecule has 1 N–H and O–H groups in total. The third-order valence-corrected chi connectivity index (χ3v) is 7.90. The van der Waals surface area contributed by atoms with E-state index in [4.69, 9.17) is 0 Å². The van der Waals surface area contributed by atoms with Crippen LogP contribution >= 0.6 is 0 Å². The number of hydrogen-bond acceptors (Lipinski definition) is 1. The van der Waals surface area contributed by atoms with E-state index >= 15 is 0 Å². The Morgan fingerprint density at radius 1 is 0.969 bits per heavy atom. The highest BCUT2D eigenvalue weighted by molar-refractivity contribution is 5.26. The monoisotopic (exact) mass is 440 g/mol. The van der Waals surface area contributed by atoms with E-state index in [2.05, 4.69) is 44.9 Å². The number of unbranched alkanes of at least 4 members (excludes halogenated alkanes) is 1. The smallest absolute Gasteiger partial charge is 0.0591 e. The fraction of sp³-hybridized carbons (Fsp3) is 0.742. The minimum Gasteiger partial charge on any atom is -0.390 e. The Bertz CT molecular complexity index is 639. The highest BCUT2D eigenvalue weighted by Gasteiger charge is 2.39. The van der Waals surface area contributed by atoms with Gasteiger partial charge in [0.25, 0.3) is 0 Å². The number of rotatable bonds is 6. The van der Waals surface area contributed by atoms with Gasteiger partial charge in [-0.2, -0.15) is 0 Å². The molecule has 3 rings (SSSR count). The number of fused-ring (bicyclic) bond motifs is 1. The molecule has 0 aliphatic heterocycles. The van der Waals surface area contributed by atoms with Gasteiger partial charge in [-0.1, -0.05) is 75.0 Å². The minimum absolute atomic E-state index is 0.489. The van der Waals surface area contributed by atoms with Crippen LogP contribution < -0.4 is 0 Å². The van der Waals surface area contributed by atoms with Gasteiger partial charge in [0.05, 0.1) is 5.60 Å². The zero-order chi connectivity index (χ0) is 24.1. The van der Waals surface area contributed by atoms with E-state index in [0.29, 0.717) is 0 Å². The fourth-order valence-electron chi connectivity index (χ4n) is 6.29. The Morgan fingerprint density at radius 3 is 2.31 bits per heavy atom. The van der Waals surface area contributed by atoms with E-state index in [9.17, 15) is 5.11 Å². The molecule has 3 unspecified atom stereocenters. The maximum atomic E-state index is 9.93. The molecular formula is C31H52O. The maximum absolute atomic E-state index is 9.93. The van der Waals surface area contributed by atoms with Crippen LogP contribution in [0.4, 0.5) is 0 Å². The molecule has 1 nitrogen and oxygen atoms in total. The molecule has 0 radical (unpaired) electrons. The molecule has 3 fully saturated rings. The van der Waals surface area contributed by atoms with Crippen molar-refractivity contribution in [1.29, 1.82) is 0 Å². The van der Waals surface area contributed by atoms with Gasteiger partial charge in [-0.3, -0.25) is 0 Å². The fourth-order valence-corrected chi connectivity index (χ4v) is 6.29. The van der Waals surface area contributed by atoms with Crippen LogP contribution in [-0.4, -0.2) is 10.7 Å². The third-order valence-electron chi connectivity index (χ3n) is 7.90. The first-order valence-corrected chi connectivity index (χ1v) is 13.5.